The number of carbonyl (C=O) groups is 1. The molecule has 0 spiro atoms. The summed E-state index contributed by atoms with van der Waals surface area (Å²) in [6.45, 7) is 1.01. The third kappa shape index (κ3) is 3.98. The monoisotopic (exact) mass is 442 g/mol. The summed E-state index contributed by atoms with van der Waals surface area (Å²) in [5, 5.41) is 11.7. The summed E-state index contributed by atoms with van der Waals surface area (Å²) >= 11 is 0. The van der Waals surface area contributed by atoms with Crippen molar-refractivity contribution in [3.63, 3.8) is 0 Å². The maximum atomic E-state index is 13.5. The van der Waals surface area contributed by atoms with Crippen molar-refractivity contribution in [1.82, 2.24) is 0 Å². The van der Waals surface area contributed by atoms with Crippen molar-refractivity contribution >= 4 is 5.97 Å². The Morgan fingerprint density at radius 3 is 1.79 bits per heavy atom. The Kier molecular flexibility index (Phi) is 5.81. The largest absolute Gasteiger partial charge is 0.459 e. The predicted molar refractivity (Wildman–Crippen MR) is 128 cm³/mol. The summed E-state index contributed by atoms with van der Waals surface area (Å²) in [5.41, 5.74) is 0.602. The first-order valence-electron chi connectivity index (χ1n) is 11.9. The van der Waals surface area contributed by atoms with Crippen LogP contribution in [-0.2, 0) is 21.7 Å². The number of aliphatic hydroxyl groups is 1. The van der Waals surface area contributed by atoms with Gasteiger partial charge in [0.05, 0.1) is 19.1 Å². The van der Waals surface area contributed by atoms with Crippen molar-refractivity contribution in [2.45, 2.75) is 56.0 Å². The van der Waals surface area contributed by atoms with Crippen molar-refractivity contribution in [3.05, 3.63) is 108 Å². The fraction of sp³-hybridized carbons (Fsp3) is 0.345. The van der Waals surface area contributed by atoms with Crippen molar-refractivity contribution < 1.29 is 19.1 Å². The molecule has 2 fully saturated rings. The van der Waals surface area contributed by atoms with Gasteiger partial charge in [-0.25, -0.2) is 4.79 Å². The van der Waals surface area contributed by atoms with Crippen LogP contribution in [0.2, 0.25) is 0 Å². The molecule has 4 heteroatoms. The Labute approximate surface area is 196 Å². The number of nitrogens with zero attached hydrogens (tertiary/aromatic N) is 1. The lowest BCUT2D eigenvalue weighted by Crippen LogP contribution is -2.58. The second-order valence-corrected chi connectivity index (χ2v) is 9.82. The highest BCUT2D eigenvalue weighted by atomic mass is 16.6. The maximum absolute atomic E-state index is 13.5. The number of fused-ring (bicyclic) bond motifs is 2. The molecule has 4 nitrogen and oxygen atoms in total. The second-order valence-electron chi connectivity index (χ2n) is 9.82. The van der Waals surface area contributed by atoms with E-state index in [9.17, 15) is 9.90 Å². The highest BCUT2D eigenvalue weighted by Gasteiger charge is 2.53. The molecular formula is C29H32NO3+. The van der Waals surface area contributed by atoms with Gasteiger partial charge in [0.25, 0.3) is 0 Å². The number of carbonyl (C=O) groups excluding carboxylic acids is 1. The van der Waals surface area contributed by atoms with Gasteiger partial charge < -0.3 is 14.3 Å². The molecule has 2 aliphatic heterocycles. The van der Waals surface area contributed by atoms with E-state index in [-0.39, 0.29) is 6.10 Å². The van der Waals surface area contributed by atoms with Crippen LogP contribution in [0.4, 0.5) is 0 Å². The van der Waals surface area contributed by atoms with Gasteiger partial charge >= 0.3 is 5.97 Å². The zero-order valence-electron chi connectivity index (χ0n) is 19.1. The number of benzene rings is 3. The molecule has 0 aromatic heterocycles. The molecule has 0 radical (unpaired) electrons. The Balaban J connectivity index is 1.36. The Hall–Kier alpha value is -2.95. The zero-order chi connectivity index (χ0) is 22.9. The van der Waals surface area contributed by atoms with Crippen molar-refractivity contribution in [1.29, 1.82) is 0 Å². The minimum atomic E-state index is -1.82. The Morgan fingerprint density at radius 1 is 0.848 bits per heavy atom. The average molecular weight is 443 g/mol. The maximum Gasteiger partial charge on any atom is 0.347 e. The quantitative estimate of drug-likeness (QED) is 0.440. The van der Waals surface area contributed by atoms with Gasteiger partial charge in [0.1, 0.15) is 12.6 Å². The van der Waals surface area contributed by atoms with Gasteiger partial charge in [0.15, 0.2) is 0 Å². The topological polar surface area (TPSA) is 46.5 Å². The van der Waals surface area contributed by atoms with E-state index in [1.807, 2.05) is 36.4 Å². The molecule has 2 saturated heterocycles. The normalized spacial score (nSPS) is 26.7. The fourth-order valence-corrected chi connectivity index (χ4v) is 6.02. The Morgan fingerprint density at radius 2 is 1.30 bits per heavy atom. The van der Waals surface area contributed by atoms with Gasteiger partial charge in [-0.1, -0.05) is 91.0 Å². The summed E-state index contributed by atoms with van der Waals surface area (Å²) in [5.74, 6) is -0.580. The lowest BCUT2D eigenvalue weighted by atomic mass is 9.86. The predicted octanol–water partition coefficient (Wildman–Crippen LogP) is 4.81. The van der Waals surface area contributed by atoms with E-state index < -0.39 is 11.6 Å². The molecule has 0 saturated carbocycles. The molecule has 1 N–H and O–H groups in total. The van der Waals surface area contributed by atoms with Crippen LogP contribution in [0.5, 0.6) is 0 Å². The highest BCUT2D eigenvalue weighted by Crippen LogP contribution is 2.44. The molecule has 2 bridgehead atoms. The first-order chi connectivity index (χ1) is 16.0. The van der Waals surface area contributed by atoms with E-state index in [1.54, 1.807) is 24.3 Å². The lowest BCUT2D eigenvalue weighted by molar-refractivity contribution is -0.961. The highest BCUT2D eigenvalue weighted by molar-refractivity contribution is 5.85. The van der Waals surface area contributed by atoms with Crippen LogP contribution in [0.15, 0.2) is 91.0 Å². The van der Waals surface area contributed by atoms with Gasteiger partial charge in [0, 0.05) is 31.2 Å². The van der Waals surface area contributed by atoms with Gasteiger partial charge in [-0.3, -0.25) is 0 Å². The van der Waals surface area contributed by atoms with Crippen LogP contribution >= 0.6 is 0 Å². The molecule has 2 heterocycles. The summed E-state index contributed by atoms with van der Waals surface area (Å²) in [6, 6.07) is 29.8. The van der Waals surface area contributed by atoms with Gasteiger partial charge in [0.2, 0.25) is 5.60 Å². The van der Waals surface area contributed by atoms with E-state index in [0.717, 1.165) is 36.7 Å². The summed E-state index contributed by atoms with van der Waals surface area (Å²) < 4.78 is 7.10. The third-order valence-corrected chi connectivity index (χ3v) is 7.89. The van der Waals surface area contributed by atoms with Crippen LogP contribution in [0, 0.1) is 0 Å². The fourth-order valence-electron chi connectivity index (χ4n) is 6.02. The van der Waals surface area contributed by atoms with Crippen LogP contribution in [0.25, 0.3) is 0 Å². The minimum absolute atomic E-state index is 0.170. The molecule has 3 aromatic rings. The van der Waals surface area contributed by atoms with Crippen LogP contribution in [-0.4, -0.2) is 40.8 Å². The smallest absolute Gasteiger partial charge is 0.347 e. The number of rotatable bonds is 6. The molecule has 0 amide bonds. The molecular weight excluding hydrogens is 410 g/mol. The summed E-state index contributed by atoms with van der Waals surface area (Å²) in [4.78, 5) is 13.5. The SMILES string of the molecule is C[N+]1(Cc2ccccc2)C2CCC1CC(OC(=O)C(O)(c1ccccc1)c1ccccc1)C2. The minimum Gasteiger partial charge on any atom is -0.459 e. The van der Waals surface area contributed by atoms with E-state index in [2.05, 4.69) is 37.4 Å². The van der Waals surface area contributed by atoms with Crippen LogP contribution < -0.4 is 0 Å². The van der Waals surface area contributed by atoms with Crippen LogP contribution in [0.1, 0.15) is 42.4 Å². The van der Waals surface area contributed by atoms with E-state index in [0.29, 0.717) is 23.2 Å². The molecule has 3 aromatic carbocycles. The van der Waals surface area contributed by atoms with E-state index >= 15 is 0 Å². The van der Waals surface area contributed by atoms with E-state index in [4.69, 9.17) is 4.74 Å². The Bertz CT molecular complexity index is 1030. The number of esters is 1. The third-order valence-electron chi connectivity index (χ3n) is 7.89. The van der Waals surface area contributed by atoms with Crippen molar-refractivity contribution in [2.75, 3.05) is 7.05 Å². The second kappa shape index (κ2) is 8.77. The number of ether oxygens (including phenoxy) is 1. The van der Waals surface area contributed by atoms with Crippen molar-refractivity contribution in [3.8, 4) is 0 Å². The first-order valence-corrected chi connectivity index (χ1v) is 11.9. The molecule has 5 rings (SSSR count). The number of hydrogen-bond acceptors (Lipinski definition) is 3. The van der Waals surface area contributed by atoms with Gasteiger partial charge in [-0.2, -0.15) is 0 Å². The standard InChI is InChI=1S/C29H32NO3/c1-30(21-22-11-5-2-6-12-22)25-17-18-26(30)20-27(19-25)33-28(31)29(32,23-13-7-3-8-14-23)24-15-9-4-10-16-24/h2-16,25-27,32H,17-21H2,1H3/q+1. The first kappa shape index (κ1) is 21.9. The number of piperidine rings is 1. The zero-order valence-corrected chi connectivity index (χ0v) is 19.1. The van der Waals surface area contributed by atoms with Gasteiger partial charge in [-0.15, -0.1) is 0 Å². The molecule has 170 valence electrons. The average Bonchev–Trinajstić information content (AvgIpc) is 3.01. The summed E-state index contributed by atoms with van der Waals surface area (Å²) in [7, 11) is 2.36. The molecule has 2 aliphatic rings. The van der Waals surface area contributed by atoms with Crippen molar-refractivity contribution in [2.24, 2.45) is 0 Å². The lowest BCUT2D eigenvalue weighted by Gasteiger charge is -2.47. The summed E-state index contributed by atoms with van der Waals surface area (Å²) in [6.07, 6.45) is 3.82. The molecule has 2 unspecified atom stereocenters. The van der Waals surface area contributed by atoms with E-state index in [1.165, 1.54) is 5.56 Å². The molecule has 2 atom stereocenters. The number of hydrogen-bond donors (Lipinski definition) is 1. The molecule has 0 aliphatic carbocycles. The molecule has 33 heavy (non-hydrogen) atoms. The van der Waals surface area contributed by atoms with Gasteiger partial charge in [-0.05, 0) is 11.1 Å². The number of quaternary nitrogens is 1. The van der Waals surface area contributed by atoms with Crippen LogP contribution in [0.3, 0.4) is 0 Å².